The Balaban J connectivity index is 2.00. The quantitative estimate of drug-likeness (QED) is 0.805. The minimum atomic E-state index is -0.903. The lowest BCUT2D eigenvalue weighted by atomic mass is 10.1. The molecule has 2 fully saturated rings. The van der Waals surface area contributed by atoms with E-state index in [4.69, 9.17) is 5.11 Å². The van der Waals surface area contributed by atoms with Gasteiger partial charge < -0.3 is 19.8 Å². The van der Waals surface area contributed by atoms with Gasteiger partial charge in [0, 0.05) is 24.9 Å². The molecular weight excluding hydrogens is 266 g/mol. The summed E-state index contributed by atoms with van der Waals surface area (Å²) in [7, 11) is 4.04. The summed E-state index contributed by atoms with van der Waals surface area (Å²) in [5, 5.41) is 9.14. The molecule has 0 aromatic heterocycles. The number of nitrogens with zero attached hydrogens (tertiary/aromatic N) is 3. The number of likely N-dealkylation sites (tertiary alicyclic amines) is 1. The Kier molecular flexibility index (Phi) is 4.57. The Labute approximate surface area is 117 Å². The highest BCUT2D eigenvalue weighted by Gasteiger charge is 2.38. The molecule has 1 N–H and O–H groups in total. The molecule has 0 aromatic rings. The van der Waals surface area contributed by atoms with Crippen LogP contribution < -0.4 is 0 Å². The molecule has 2 rings (SSSR count). The number of hydrogen-bond donors (Lipinski definition) is 1. The molecule has 1 unspecified atom stereocenters. The number of carboxylic acids is 1. The minimum Gasteiger partial charge on any atom is -0.480 e. The van der Waals surface area contributed by atoms with Gasteiger partial charge in [-0.05, 0) is 26.9 Å². The molecule has 0 bridgehead atoms. The number of urea groups is 1. The molecule has 2 aliphatic heterocycles. The van der Waals surface area contributed by atoms with E-state index in [1.54, 1.807) is 4.90 Å². The van der Waals surface area contributed by atoms with E-state index in [0.29, 0.717) is 24.2 Å². The molecule has 2 aliphatic rings. The molecule has 108 valence electrons. The third kappa shape index (κ3) is 3.14. The Bertz CT molecular complexity index is 364. The number of likely N-dealkylation sites (N-methyl/N-ethyl adjacent to an activating group) is 1. The lowest BCUT2D eigenvalue weighted by Gasteiger charge is -2.38. The number of hydrogen-bond acceptors (Lipinski definition) is 4. The minimum absolute atomic E-state index is 0.121. The Morgan fingerprint density at radius 2 is 2.11 bits per heavy atom. The summed E-state index contributed by atoms with van der Waals surface area (Å²) in [6.45, 7) is 1.43. The second kappa shape index (κ2) is 6.00. The number of carbonyl (C=O) groups excluding carboxylic acids is 1. The zero-order chi connectivity index (χ0) is 14.0. The Hall–Kier alpha value is -0.950. The fraction of sp³-hybridized carbons (Fsp3) is 0.833. The summed E-state index contributed by atoms with van der Waals surface area (Å²) in [6, 6.07) is -0.419. The lowest BCUT2D eigenvalue weighted by molar-refractivity contribution is -0.141. The van der Waals surface area contributed by atoms with E-state index in [9.17, 15) is 9.59 Å². The van der Waals surface area contributed by atoms with Crippen molar-refractivity contribution in [3.05, 3.63) is 0 Å². The molecule has 19 heavy (non-hydrogen) atoms. The van der Waals surface area contributed by atoms with Gasteiger partial charge in [0.15, 0.2) is 0 Å². The van der Waals surface area contributed by atoms with Crippen LogP contribution >= 0.6 is 11.8 Å². The van der Waals surface area contributed by atoms with E-state index in [1.807, 2.05) is 14.1 Å². The van der Waals surface area contributed by atoms with Crippen LogP contribution in [0.4, 0.5) is 4.79 Å². The van der Waals surface area contributed by atoms with Crippen molar-refractivity contribution in [2.45, 2.75) is 24.9 Å². The van der Waals surface area contributed by atoms with Crippen LogP contribution in [0.2, 0.25) is 0 Å². The van der Waals surface area contributed by atoms with E-state index in [1.165, 1.54) is 16.7 Å². The first-order chi connectivity index (χ1) is 9.00. The summed E-state index contributed by atoms with van der Waals surface area (Å²) in [5.74, 6) is 0.0739. The van der Waals surface area contributed by atoms with Crippen LogP contribution in [0.25, 0.3) is 0 Å². The van der Waals surface area contributed by atoms with Gasteiger partial charge in [0.25, 0.3) is 0 Å². The van der Waals surface area contributed by atoms with E-state index < -0.39 is 12.0 Å². The van der Waals surface area contributed by atoms with Crippen LogP contribution in [-0.2, 0) is 4.79 Å². The molecule has 6 nitrogen and oxygen atoms in total. The third-order valence-corrected chi connectivity index (χ3v) is 4.82. The average Bonchev–Trinajstić information content (AvgIpc) is 2.87. The van der Waals surface area contributed by atoms with Gasteiger partial charge in [0.05, 0.1) is 5.88 Å². The van der Waals surface area contributed by atoms with Crippen LogP contribution in [-0.4, -0.2) is 82.7 Å². The number of piperidine rings is 1. The van der Waals surface area contributed by atoms with Gasteiger partial charge in [-0.2, -0.15) is 0 Å². The maximum Gasteiger partial charge on any atom is 0.327 e. The van der Waals surface area contributed by atoms with E-state index in [-0.39, 0.29) is 6.03 Å². The van der Waals surface area contributed by atoms with E-state index >= 15 is 0 Å². The van der Waals surface area contributed by atoms with Crippen molar-refractivity contribution >= 4 is 23.8 Å². The number of rotatable bonds is 2. The maximum absolute atomic E-state index is 12.4. The number of thioether (sulfide) groups is 1. The van der Waals surface area contributed by atoms with E-state index in [0.717, 1.165) is 19.4 Å². The van der Waals surface area contributed by atoms with Gasteiger partial charge in [0.2, 0.25) is 0 Å². The van der Waals surface area contributed by atoms with Gasteiger partial charge in [-0.1, -0.05) is 0 Å². The molecule has 2 heterocycles. The number of carboxylic acid groups (broad SMARTS) is 1. The van der Waals surface area contributed by atoms with Crippen molar-refractivity contribution in [3.63, 3.8) is 0 Å². The summed E-state index contributed by atoms with van der Waals surface area (Å²) < 4.78 is 0. The van der Waals surface area contributed by atoms with Gasteiger partial charge in [-0.25, -0.2) is 9.59 Å². The number of aliphatic carboxylic acids is 1. The Morgan fingerprint density at radius 1 is 1.37 bits per heavy atom. The van der Waals surface area contributed by atoms with E-state index in [2.05, 4.69) is 4.90 Å². The van der Waals surface area contributed by atoms with Gasteiger partial charge in [0.1, 0.15) is 6.04 Å². The van der Waals surface area contributed by atoms with Crippen LogP contribution in [0.1, 0.15) is 12.8 Å². The van der Waals surface area contributed by atoms with Crippen molar-refractivity contribution < 1.29 is 14.7 Å². The second-order valence-electron chi connectivity index (χ2n) is 5.31. The molecule has 2 atom stereocenters. The molecule has 2 saturated heterocycles. The van der Waals surface area contributed by atoms with Crippen molar-refractivity contribution in [1.82, 2.24) is 14.7 Å². The van der Waals surface area contributed by atoms with Gasteiger partial charge in [-0.3, -0.25) is 0 Å². The standard InChI is InChI=1S/C12H21N3O3S/c1-13(2)9-4-3-5-14(6-9)12(18)15-8-19-7-10(15)11(16)17/h9-10H,3-8H2,1-2H3,(H,16,17)/t9?,10-/m0/s1. The Morgan fingerprint density at radius 3 is 2.74 bits per heavy atom. The highest BCUT2D eigenvalue weighted by Crippen LogP contribution is 2.24. The average molecular weight is 287 g/mol. The molecule has 2 amide bonds. The predicted octanol–water partition coefficient (Wildman–Crippen LogP) is 0.592. The maximum atomic E-state index is 12.4. The summed E-state index contributed by atoms with van der Waals surface area (Å²) in [6.07, 6.45) is 2.07. The molecular formula is C12H21N3O3S. The topological polar surface area (TPSA) is 64.1 Å². The van der Waals surface area contributed by atoms with Gasteiger partial charge in [-0.15, -0.1) is 11.8 Å². The fourth-order valence-corrected chi connectivity index (χ4v) is 3.71. The molecule has 0 saturated carbocycles. The highest BCUT2D eigenvalue weighted by molar-refractivity contribution is 7.99. The largest absolute Gasteiger partial charge is 0.480 e. The highest BCUT2D eigenvalue weighted by atomic mass is 32.2. The summed E-state index contributed by atoms with van der Waals surface area (Å²) in [4.78, 5) is 29.0. The van der Waals surface area contributed by atoms with Crippen LogP contribution in [0.15, 0.2) is 0 Å². The van der Waals surface area contributed by atoms with Crippen LogP contribution in [0.5, 0.6) is 0 Å². The van der Waals surface area contributed by atoms with Gasteiger partial charge >= 0.3 is 12.0 Å². The first-order valence-corrected chi connectivity index (χ1v) is 7.68. The monoisotopic (exact) mass is 287 g/mol. The molecule has 0 spiro atoms. The first-order valence-electron chi connectivity index (χ1n) is 6.53. The SMILES string of the molecule is CN(C)C1CCCN(C(=O)N2CSC[C@H]2C(=O)O)C1. The summed E-state index contributed by atoms with van der Waals surface area (Å²) in [5.41, 5.74) is 0. The number of amides is 2. The number of carbonyl (C=O) groups is 2. The van der Waals surface area contributed by atoms with Crippen molar-refractivity contribution in [3.8, 4) is 0 Å². The molecule has 0 radical (unpaired) electrons. The molecule has 0 aromatic carbocycles. The van der Waals surface area contributed by atoms with Crippen molar-refractivity contribution in [2.24, 2.45) is 0 Å². The molecule has 0 aliphatic carbocycles. The van der Waals surface area contributed by atoms with Crippen molar-refractivity contribution in [1.29, 1.82) is 0 Å². The molecule has 7 heteroatoms. The van der Waals surface area contributed by atoms with Crippen LogP contribution in [0, 0.1) is 0 Å². The normalized spacial score (nSPS) is 27.9. The predicted molar refractivity (Wildman–Crippen MR) is 74.3 cm³/mol. The second-order valence-corrected chi connectivity index (χ2v) is 6.31. The third-order valence-electron chi connectivity index (χ3n) is 3.81. The van der Waals surface area contributed by atoms with Crippen molar-refractivity contribution in [2.75, 3.05) is 38.8 Å². The zero-order valence-corrected chi connectivity index (χ0v) is 12.2. The first kappa shape index (κ1) is 14.5. The fourth-order valence-electron chi connectivity index (χ4n) is 2.57. The zero-order valence-electron chi connectivity index (χ0n) is 11.4. The summed E-state index contributed by atoms with van der Waals surface area (Å²) >= 11 is 1.51. The smallest absolute Gasteiger partial charge is 0.327 e. The van der Waals surface area contributed by atoms with Crippen LogP contribution in [0.3, 0.4) is 0 Å². The lowest BCUT2D eigenvalue weighted by Crippen LogP contribution is -2.54.